The fourth-order valence-electron chi connectivity index (χ4n) is 2.44. The highest BCUT2D eigenvalue weighted by atomic mass is 16.5. The molecule has 0 aliphatic carbocycles. The molecule has 0 unspecified atom stereocenters. The largest absolute Gasteiger partial charge is 0.475 e. The summed E-state index contributed by atoms with van der Waals surface area (Å²) in [4.78, 5) is 24.2. The molecular weight excluding hydrogens is 374 g/mol. The van der Waals surface area contributed by atoms with Crippen LogP contribution in [0.15, 0.2) is 49.1 Å². The van der Waals surface area contributed by atoms with E-state index in [-0.39, 0.29) is 19.2 Å². The van der Waals surface area contributed by atoms with Crippen LogP contribution in [0.1, 0.15) is 5.56 Å². The number of rotatable bonds is 7. The van der Waals surface area contributed by atoms with Gasteiger partial charge in [0.15, 0.2) is 0 Å². The molecular formula is C20H21N5O4. The first kappa shape index (κ1) is 20.0. The van der Waals surface area contributed by atoms with Gasteiger partial charge in [0.05, 0.1) is 12.8 Å². The lowest BCUT2D eigenvalue weighted by Crippen LogP contribution is -2.24. The number of nitrogens with one attached hydrogen (secondary N) is 2. The Labute approximate surface area is 167 Å². The van der Waals surface area contributed by atoms with Gasteiger partial charge in [0.2, 0.25) is 5.88 Å². The average Bonchev–Trinajstić information content (AvgIpc) is 2.74. The summed E-state index contributed by atoms with van der Waals surface area (Å²) >= 11 is 0. The van der Waals surface area contributed by atoms with Gasteiger partial charge in [-0.05, 0) is 24.6 Å². The Hall–Kier alpha value is -3.72. The van der Waals surface area contributed by atoms with E-state index in [1.807, 2.05) is 19.1 Å². The van der Waals surface area contributed by atoms with Crippen molar-refractivity contribution in [2.24, 2.45) is 0 Å². The van der Waals surface area contributed by atoms with Gasteiger partial charge in [-0.2, -0.15) is 0 Å². The van der Waals surface area contributed by atoms with Crippen LogP contribution in [0.4, 0.5) is 10.6 Å². The summed E-state index contributed by atoms with van der Waals surface area (Å²) in [5.41, 5.74) is 2.34. The third-order valence-electron chi connectivity index (χ3n) is 3.93. The van der Waals surface area contributed by atoms with E-state index in [9.17, 15) is 4.79 Å². The predicted octanol–water partition coefficient (Wildman–Crippen LogP) is 2.76. The number of carbonyl (C=O) groups is 1. The Kier molecular flexibility index (Phi) is 6.54. The number of nitrogens with zero attached hydrogens (tertiary/aromatic N) is 3. The van der Waals surface area contributed by atoms with Crippen molar-refractivity contribution >= 4 is 11.8 Å². The van der Waals surface area contributed by atoms with E-state index >= 15 is 0 Å². The van der Waals surface area contributed by atoms with Crippen molar-refractivity contribution in [3.8, 4) is 28.5 Å². The minimum absolute atomic E-state index is 0.0877. The number of aryl methyl sites for hydroxylation is 1. The van der Waals surface area contributed by atoms with Crippen LogP contribution < -0.4 is 20.1 Å². The van der Waals surface area contributed by atoms with E-state index in [4.69, 9.17) is 14.6 Å². The highest BCUT2D eigenvalue weighted by Gasteiger charge is 2.13. The maximum absolute atomic E-state index is 11.6. The van der Waals surface area contributed by atoms with E-state index in [1.54, 1.807) is 36.9 Å². The molecule has 3 rings (SSSR count). The van der Waals surface area contributed by atoms with Crippen LogP contribution in [0.2, 0.25) is 0 Å². The van der Waals surface area contributed by atoms with Crippen molar-refractivity contribution in [3.63, 3.8) is 0 Å². The molecule has 0 aliphatic heterocycles. The number of anilines is 1. The number of pyridine rings is 3. The number of aliphatic hydroxyl groups excluding tert-OH is 1. The summed E-state index contributed by atoms with van der Waals surface area (Å²) in [6, 6.07) is 6.59. The number of urea groups is 1. The fraction of sp³-hybridized carbons (Fsp3) is 0.200. The van der Waals surface area contributed by atoms with Gasteiger partial charge in [0.1, 0.15) is 23.9 Å². The highest BCUT2D eigenvalue weighted by molar-refractivity contribution is 5.88. The standard InChI is InChI=1S/C20H21N5O4/c1-13-5-6-22-12-17(13)29-16-9-18(25-20(27)21-2)23-11-15(16)14-3-4-19(24-10-14)28-8-7-26/h3-6,9-12,26H,7-8H2,1-2H3,(H2,21,23,25,27). The molecule has 0 aliphatic rings. The maximum atomic E-state index is 11.6. The van der Waals surface area contributed by atoms with Gasteiger partial charge in [-0.3, -0.25) is 10.3 Å². The van der Waals surface area contributed by atoms with Crippen LogP contribution in [0.25, 0.3) is 11.1 Å². The lowest BCUT2D eigenvalue weighted by atomic mass is 10.1. The molecule has 0 radical (unpaired) electrons. The van der Waals surface area contributed by atoms with E-state index in [0.717, 1.165) is 11.1 Å². The molecule has 0 bridgehead atoms. The smallest absolute Gasteiger partial charge is 0.320 e. The second-order valence-electron chi connectivity index (χ2n) is 5.97. The van der Waals surface area contributed by atoms with Crippen LogP contribution in [0, 0.1) is 6.92 Å². The molecule has 0 aromatic carbocycles. The third kappa shape index (κ3) is 5.17. The first-order chi connectivity index (χ1) is 14.1. The Balaban J connectivity index is 1.96. The van der Waals surface area contributed by atoms with Crippen molar-refractivity contribution in [2.75, 3.05) is 25.6 Å². The molecule has 3 aromatic rings. The molecule has 29 heavy (non-hydrogen) atoms. The number of aromatic nitrogens is 3. The summed E-state index contributed by atoms with van der Waals surface area (Å²) in [6.07, 6.45) is 6.52. The lowest BCUT2D eigenvalue weighted by molar-refractivity contribution is 0.196. The van der Waals surface area contributed by atoms with Gasteiger partial charge < -0.3 is 19.9 Å². The minimum atomic E-state index is -0.388. The topological polar surface area (TPSA) is 118 Å². The first-order valence-electron chi connectivity index (χ1n) is 8.88. The summed E-state index contributed by atoms with van der Waals surface area (Å²) in [6.45, 7) is 1.99. The van der Waals surface area contributed by atoms with Crippen molar-refractivity contribution in [3.05, 3.63) is 54.6 Å². The van der Waals surface area contributed by atoms with Gasteiger partial charge in [0, 0.05) is 48.9 Å². The van der Waals surface area contributed by atoms with Crippen LogP contribution in [-0.4, -0.2) is 46.4 Å². The van der Waals surface area contributed by atoms with Crippen LogP contribution >= 0.6 is 0 Å². The van der Waals surface area contributed by atoms with Crippen LogP contribution in [0.3, 0.4) is 0 Å². The van der Waals surface area contributed by atoms with E-state index in [0.29, 0.717) is 28.8 Å². The van der Waals surface area contributed by atoms with Gasteiger partial charge in [-0.25, -0.2) is 14.8 Å². The Morgan fingerprint density at radius 1 is 1.14 bits per heavy atom. The molecule has 0 saturated heterocycles. The SMILES string of the molecule is CNC(=O)Nc1cc(Oc2cnccc2C)c(-c2ccc(OCCO)nc2)cn1. The zero-order valence-corrected chi connectivity index (χ0v) is 16.0. The molecule has 2 amide bonds. The highest BCUT2D eigenvalue weighted by Crippen LogP contribution is 2.35. The molecule has 0 atom stereocenters. The molecule has 0 spiro atoms. The quantitative estimate of drug-likeness (QED) is 0.563. The Morgan fingerprint density at radius 2 is 2.00 bits per heavy atom. The minimum Gasteiger partial charge on any atom is -0.475 e. The zero-order valence-electron chi connectivity index (χ0n) is 16.0. The number of aliphatic hydroxyl groups is 1. The van der Waals surface area contributed by atoms with Gasteiger partial charge in [-0.15, -0.1) is 0 Å². The Bertz CT molecular complexity index is 979. The predicted molar refractivity (Wildman–Crippen MR) is 107 cm³/mol. The number of amides is 2. The molecule has 9 heteroatoms. The Morgan fingerprint density at radius 3 is 2.69 bits per heavy atom. The number of hydrogen-bond acceptors (Lipinski definition) is 7. The van der Waals surface area contributed by atoms with Crippen molar-refractivity contribution in [1.29, 1.82) is 0 Å². The van der Waals surface area contributed by atoms with E-state index < -0.39 is 0 Å². The molecule has 9 nitrogen and oxygen atoms in total. The molecule has 0 saturated carbocycles. The molecule has 0 fully saturated rings. The van der Waals surface area contributed by atoms with Crippen LogP contribution in [-0.2, 0) is 0 Å². The van der Waals surface area contributed by atoms with Gasteiger partial charge in [0.25, 0.3) is 0 Å². The lowest BCUT2D eigenvalue weighted by Gasteiger charge is -2.14. The van der Waals surface area contributed by atoms with Crippen LogP contribution in [0.5, 0.6) is 17.4 Å². The van der Waals surface area contributed by atoms with Gasteiger partial charge >= 0.3 is 6.03 Å². The second-order valence-corrected chi connectivity index (χ2v) is 5.97. The molecule has 150 valence electrons. The fourth-order valence-corrected chi connectivity index (χ4v) is 2.44. The molecule has 3 heterocycles. The molecule has 3 aromatic heterocycles. The summed E-state index contributed by atoms with van der Waals surface area (Å²) in [5.74, 6) is 1.80. The van der Waals surface area contributed by atoms with E-state index in [1.165, 1.54) is 7.05 Å². The third-order valence-corrected chi connectivity index (χ3v) is 3.93. The molecule has 3 N–H and O–H groups in total. The number of carbonyl (C=O) groups excluding carboxylic acids is 1. The normalized spacial score (nSPS) is 10.3. The average molecular weight is 395 g/mol. The number of hydrogen-bond donors (Lipinski definition) is 3. The monoisotopic (exact) mass is 395 g/mol. The van der Waals surface area contributed by atoms with Crippen molar-refractivity contribution < 1.29 is 19.4 Å². The zero-order chi connectivity index (χ0) is 20.6. The maximum Gasteiger partial charge on any atom is 0.320 e. The summed E-state index contributed by atoms with van der Waals surface area (Å²) in [5, 5.41) is 14.0. The summed E-state index contributed by atoms with van der Waals surface area (Å²) < 4.78 is 11.4. The second kappa shape index (κ2) is 9.47. The summed E-state index contributed by atoms with van der Waals surface area (Å²) in [7, 11) is 1.52. The van der Waals surface area contributed by atoms with Crippen molar-refractivity contribution in [2.45, 2.75) is 6.92 Å². The van der Waals surface area contributed by atoms with Gasteiger partial charge in [-0.1, -0.05) is 0 Å². The van der Waals surface area contributed by atoms with E-state index in [2.05, 4.69) is 25.6 Å². The number of ether oxygens (including phenoxy) is 2. The first-order valence-corrected chi connectivity index (χ1v) is 8.88. The van der Waals surface area contributed by atoms with Crippen molar-refractivity contribution in [1.82, 2.24) is 20.3 Å².